The SMILES string of the molecule is COc1ccccc1-c1nnc(SCC(=O)N(C)Cc2ccc(C)cc2)n1C. The number of aromatic nitrogens is 3. The van der Waals surface area contributed by atoms with Crippen molar-refractivity contribution in [2.45, 2.75) is 18.6 Å². The van der Waals surface area contributed by atoms with E-state index < -0.39 is 0 Å². The zero-order valence-corrected chi connectivity index (χ0v) is 17.4. The van der Waals surface area contributed by atoms with Crippen molar-refractivity contribution < 1.29 is 9.53 Å². The van der Waals surface area contributed by atoms with Crippen LogP contribution < -0.4 is 4.74 Å². The molecule has 0 aliphatic rings. The molecule has 0 atom stereocenters. The molecule has 146 valence electrons. The lowest BCUT2D eigenvalue weighted by Gasteiger charge is -2.17. The molecule has 1 heterocycles. The third-order valence-electron chi connectivity index (χ3n) is 4.47. The maximum Gasteiger partial charge on any atom is 0.233 e. The third kappa shape index (κ3) is 4.54. The maximum absolute atomic E-state index is 12.5. The van der Waals surface area contributed by atoms with Gasteiger partial charge in [-0.25, -0.2) is 0 Å². The normalized spacial score (nSPS) is 10.7. The molecule has 0 aliphatic carbocycles. The van der Waals surface area contributed by atoms with Crippen LogP contribution in [-0.2, 0) is 18.4 Å². The fourth-order valence-corrected chi connectivity index (χ4v) is 3.65. The average Bonchev–Trinajstić information content (AvgIpc) is 3.08. The number of hydrogen-bond donors (Lipinski definition) is 0. The number of carbonyl (C=O) groups excluding carboxylic acids is 1. The number of rotatable bonds is 7. The molecule has 3 rings (SSSR count). The molecule has 3 aromatic rings. The van der Waals surface area contributed by atoms with Crippen LogP contribution in [0.1, 0.15) is 11.1 Å². The van der Waals surface area contributed by atoms with Crippen LogP contribution in [0.5, 0.6) is 5.75 Å². The van der Waals surface area contributed by atoms with Gasteiger partial charge in [0.2, 0.25) is 5.91 Å². The van der Waals surface area contributed by atoms with Gasteiger partial charge in [-0.15, -0.1) is 10.2 Å². The Morgan fingerprint density at radius 1 is 1.14 bits per heavy atom. The molecule has 0 aliphatic heterocycles. The first-order valence-corrected chi connectivity index (χ1v) is 9.93. The van der Waals surface area contributed by atoms with E-state index >= 15 is 0 Å². The van der Waals surface area contributed by atoms with Crippen LogP contribution in [0.3, 0.4) is 0 Å². The number of thioether (sulfide) groups is 1. The highest BCUT2D eigenvalue weighted by Crippen LogP contribution is 2.30. The monoisotopic (exact) mass is 396 g/mol. The number of hydrogen-bond acceptors (Lipinski definition) is 5. The highest BCUT2D eigenvalue weighted by molar-refractivity contribution is 7.99. The first-order valence-electron chi connectivity index (χ1n) is 8.94. The Labute approximate surface area is 169 Å². The fourth-order valence-electron chi connectivity index (χ4n) is 2.80. The number of benzene rings is 2. The molecule has 28 heavy (non-hydrogen) atoms. The summed E-state index contributed by atoms with van der Waals surface area (Å²) in [4.78, 5) is 14.2. The Balaban J connectivity index is 1.64. The maximum atomic E-state index is 12.5. The summed E-state index contributed by atoms with van der Waals surface area (Å²) in [6.07, 6.45) is 0. The summed E-state index contributed by atoms with van der Waals surface area (Å²) >= 11 is 1.38. The van der Waals surface area contributed by atoms with E-state index in [2.05, 4.69) is 41.4 Å². The molecule has 0 bridgehead atoms. The van der Waals surface area contributed by atoms with Crippen molar-refractivity contribution in [1.29, 1.82) is 0 Å². The number of para-hydroxylation sites is 1. The zero-order valence-electron chi connectivity index (χ0n) is 16.5. The molecule has 2 aromatic carbocycles. The molecular weight excluding hydrogens is 372 g/mol. The van der Waals surface area contributed by atoms with Gasteiger partial charge in [-0.3, -0.25) is 4.79 Å². The third-order valence-corrected chi connectivity index (χ3v) is 5.48. The Bertz CT molecular complexity index is 953. The molecule has 6 nitrogen and oxygen atoms in total. The average molecular weight is 397 g/mol. The van der Waals surface area contributed by atoms with Gasteiger partial charge >= 0.3 is 0 Å². The Morgan fingerprint density at radius 2 is 1.86 bits per heavy atom. The molecule has 0 saturated carbocycles. The minimum atomic E-state index is 0.0485. The van der Waals surface area contributed by atoms with Gasteiger partial charge < -0.3 is 14.2 Å². The molecule has 1 amide bonds. The lowest BCUT2D eigenvalue weighted by molar-refractivity contribution is -0.127. The van der Waals surface area contributed by atoms with Crippen molar-refractivity contribution in [1.82, 2.24) is 19.7 Å². The van der Waals surface area contributed by atoms with E-state index in [0.717, 1.165) is 16.9 Å². The summed E-state index contributed by atoms with van der Waals surface area (Å²) < 4.78 is 7.29. The van der Waals surface area contributed by atoms with Crippen LogP contribution in [0.15, 0.2) is 53.7 Å². The summed E-state index contributed by atoms with van der Waals surface area (Å²) in [6.45, 7) is 2.64. The molecule has 0 spiro atoms. The number of nitrogens with zero attached hydrogens (tertiary/aromatic N) is 4. The molecule has 0 fully saturated rings. The summed E-state index contributed by atoms with van der Waals surface area (Å²) in [5.41, 5.74) is 3.19. The molecule has 7 heteroatoms. The Hall–Kier alpha value is -2.80. The second kappa shape index (κ2) is 8.93. The largest absolute Gasteiger partial charge is 0.496 e. The van der Waals surface area contributed by atoms with Crippen molar-refractivity contribution in [2.75, 3.05) is 19.9 Å². The van der Waals surface area contributed by atoms with Crippen LogP contribution in [-0.4, -0.2) is 45.5 Å². The summed E-state index contributed by atoms with van der Waals surface area (Å²) in [6, 6.07) is 15.9. The van der Waals surface area contributed by atoms with Crippen LogP contribution >= 0.6 is 11.8 Å². The lowest BCUT2D eigenvalue weighted by Crippen LogP contribution is -2.27. The number of carbonyl (C=O) groups is 1. The second-order valence-corrected chi connectivity index (χ2v) is 7.53. The Morgan fingerprint density at radius 3 is 2.57 bits per heavy atom. The van der Waals surface area contributed by atoms with E-state index in [1.54, 1.807) is 12.0 Å². The van der Waals surface area contributed by atoms with E-state index in [1.165, 1.54) is 17.3 Å². The van der Waals surface area contributed by atoms with Gasteiger partial charge in [0, 0.05) is 20.6 Å². The van der Waals surface area contributed by atoms with Crippen LogP contribution in [0.4, 0.5) is 0 Å². The van der Waals surface area contributed by atoms with Crippen LogP contribution in [0.2, 0.25) is 0 Å². The first kappa shape index (κ1) is 19.9. The molecule has 0 N–H and O–H groups in total. The minimum absolute atomic E-state index is 0.0485. The summed E-state index contributed by atoms with van der Waals surface area (Å²) in [7, 11) is 5.34. The molecule has 1 aromatic heterocycles. The van der Waals surface area contributed by atoms with Gasteiger partial charge in [-0.1, -0.05) is 53.7 Å². The molecular formula is C21H24N4O2S. The van der Waals surface area contributed by atoms with E-state index in [4.69, 9.17) is 4.74 Å². The summed E-state index contributed by atoms with van der Waals surface area (Å²) in [5.74, 6) is 1.80. The summed E-state index contributed by atoms with van der Waals surface area (Å²) in [5, 5.41) is 9.22. The number of amides is 1. The van der Waals surface area contributed by atoms with Crippen molar-refractivity contribution >= 4 is 17.7 Å². The molecule has 0 saturated heterocycles. The van der Waals surface area contributed by atoms with Crippen molar-refractivity contribution in [3.05, 3.63) is 59.7 Å². The predicted octanol–water partition coefficient (Wildman–Crippen LogP) is 3.55. The number of aryl methyl sites for hydroxylation is 1. The topological polar surface area (TPSA) is 60.3 Å². The van der Waals surface area contributed by atoms with Gasteiger partial charge in [0.15, 0.2) is 11.0 Å². The second-order valence-electron chi connectivity index (χ2n) is 6.59. The van der Waals surface area contributed by atoms with Gasteiger partial charge in [0.05, 0.1) is 18.4 Å². The van der Waals surface area contributed by atoms with Gasteiger partial charge in [-0.05, 0) is 24.6 Å². The van der Waals surface area contributed by atoms with Gasteiger partial charge in [0.25, 0.3) is 0 Å². The van der Waals surface area contributed by atoms with E-state index in [9.17, 15) is 4.79 Å². The van der Waals surface area contributed by atoms with Gasteiger partial charge in [0.1, 0.15) is 5.75 Å². The molecule has 0 unspecified atom stereocenters. The lowest BCUT2D eigenvalue weighted by atomic mass is 10.1. The zero-order chi connectivity index (χ0) is 20.1. The highest BCUT2D eigenvalue weighted by Gasteiger charge is 2.17. The van der Waals surface area contributed by atoms with E-state index in [-0.39, 0.29) is 5.91 Å². The predicted molar refractivity (Wildman–Crippen MR) is 111 cm³/mol. The van der Waals surface area contributed by atoms with Crippen LogP contribution in [0, 0.1) is 6.92 Å². The van der Waals surface area contributed by atoms with E-state index in [0.29, 0.717) is 23.3 Å². The highest BCUT2D eigenvalue weighted by atomic mass is 32.2. The smallest absolute Gasteiger partial charge is 0.233 e. The first-order chi connectivity index (χ1) is 13.5. The van der Waals surface area contributed by atoms with Crippen molar-refractivity contribution in [3.8, 4) is 17.1 Å². The van der Waals surface area contributed by atoms with Gasteiger partial charge in [-0.2, -0.15) is 0 Å². The molecule has 0 radical (unpaired) electrons. The number of ether oxygens (including phenoxy) is 1. The fraction of sp³-hybridized carbons (Fsp3) is 0.286. The van der Waals surface area contributed by atoms with Crippen molar-refractivity contribution in [3.63, 3.8) is 0 Å². The standard InChI is InChI=1S/C21H24N4O2S/c1-15-9-11-16(12-10-15)13-24(2)19(26)14-28-21-23-22-20(25(21)3)17-7-5-6-8-18(17)27-4/h5-12H,13-14H2,1-4H3. The van der Waals surface area contributed by atoms with E-state index in [1.807, 2.05) is 42.9 Å². The van der Waals surface area contributed by atoms with Crippen molar-refractivity contribution in [2.24, 2.45) is 7.05 Å². The Kier molecular flexibility index (Phi) is 6.36. The minimum Gasteiger partial charge on any atom is -0.496 e. The quantitative estimate of drug-likeness (QED) is 0.572. The number of methoxy groups -OCH3 is 1. The van der Waals surface area contributed by atoms with Crippen LogP contribution in [0.25, 0.3) is 11.4 Å².